The molecular weight excluding hydrogens is 352 g/mol. The second-order valence-corrected chi connectivity index (χ2v) is 5.48. The zero-order valence-corrected chi connectivity index (χ0v) is 13.7. The molecule has 1 amide bonds. The minimum absolute atomic E-state index is 0.174. The lowest BCUT2D eigenvalue weighted by Gasteiger charge is -2.09. The number of esters is 1. The van der Waals surface area contributed by atoms with Crippen LogP contribution in [0.25, 0.3) is 0 Å². The molecule has 8 nitrogen and oxygen atoms in total. The summed E-state index contributed by atoms with van der Waals surface area (Å²) in [5.41, 5.74) is 0.493. The number of nitrogens with one attached hydrogen (secondary N) is 1. The van der Waals surface area contributed by atoms with Crippen molar-refractivity contribution in [2.75, 3.05) is 11.9 Å². The lowest BCUT2D eigenvalue weighted by molar-refractivity contribution is -0.384. The number of nitro benzene ring substituents is 1. The molecule has 2 aromatic rings. The standard InChI is InChI=1S/C16H13ClN2O6/c1-9-2-4-11(19(23)24)7-13(9)18-15(21)8-25-16(22)12-6-10(17)3-5-14(12)20/h2-7,20H,8H2,1H3,(H,18,21). The van der Waals surface area contributed by atoms with Crippen molar-refractivity contribution in [3.8, 4) is 5.75 Å². The van der Waals surface area contributed by atoms with Crippen molar-refractivity contribution < 1.29 is 24.4 Å². The zero-order chi connectivity index (χ0) is 18.6. The van der Waals surface area contributed by atoms with Crippen molar-refractivity contribution >= 4 is 34.9 Å². The predicted octanol–water partition coefficient (Wildman–Crippen LogP) is 3.06. The van der Waals surface area contributed by atoms with E-state index in [1.807, 2.05) is 0 Å². The Morgan fingerprint density at radius 1 is 1.28 bits per heavy atom. The van der Waals surface area contributed by atoms with Crippen molar-refractivity contribution in [3.63, 3.8) is 0 Å². The summed E-state index contributed by atoms with van der Waals surface area (Å²) < 4.78 is 4.81. The smallest absolute Gasteiger partial charge is 0.342 e. The molecule has 0 saturated carbocycles. The number of ether oxygens (including phenoxy) is 1. The highest BCUT2D eigenvalue weighted by Gasteiger charge is 2.16. The highest BCUT2D eigenvalue weighted by Crippen LogP contribution is 2.23. The molecule has 0 heterocycles. The van der Waals surface area contributed by atoms with Crippen molar-refractivity contribution in [3.05, 3.63) is 62.7 Å². The van der Waals surface area contributed by atoms with Gasteiger partial charge in [0.1, 0.15) is 11.3 Å². The molecule has 0 unspecified atom stereocenters. The van der Waals surface area contributed by atoms with Crippen LogP contribution in [0.4, 0.5) is 11.4 Å². The SMILES string of the molecule is Cc1ccc([N+](=O)[O-])cc1NC(=O)COC(=O)c1cc(Cl)ccc1O. The molecule has 25 heavy (non-hydrogen) atoms. The second kappa shape index (κ2) is 7.63. The maximum Gasteiger partial charge on any atom is 0.342 e. The average molecular weight is 365 g/mol. The first-order valence-corrected chi connectivity index (χ1v) is 7.36. The fourth-order valence-corrected chi connectivity index (χ4v) is 2.10. The van der Waals surface area contributed by atoms with Crippen LogP contribution in [0.15, 0.2) is 36.4 Å². The van der Waals surface area contributed by atoms with Crippen LogP contribution >= 0.6 is 11.6 Å². The van der Waals surface area contributed by atoms with Gasteiger partial charge in [-0.3, -0.25) is 14.9 Å². The summed E-state index contributed by atoms with van der Waals surface area (Å²) >= 11 is 5.74. The largest absolute Gasteiger partial charge is 0.507 e. The second-order valence-electron chi connectivity index (χ2n) is 5.04. The summed E-state index contributed by atoms with van der Waals surface area (Å²) in [7, 11) is 0. The molecule has 2 rings (SSSR count). The number of carbonyl (C=O) groups is 2. The normalized spacial score (nSPS) is 10.2. The van der Waals surface area contributed by atoms with Crippen LogP contribution in [0.3, 0.4) is 0 Å². The van der Waals surface area contributed by atoms with Crippen molar-refractivity contribution in [2.24, 2.45) is 0 Å². The topological polar surface area (TPSA) is 119 Å². The average Bonchev–Trinajstić information content (AvgIpc) is 2.56. The number of nitrogens with zero attached hydrogens (tertiary/aromatic N) is 1. The molecule has 0 saturated heterocycles. The van der Waals surface area contributed by atoms with Gasteiger partial charge in [0.2, 0.25) is 0 Å². The van der Waals surface area contributed by atoms with Crippen molar-refractivity contribution in [1.82, 2.24) is 0 Å². The number of anilines is 1. The quantitative estimate of drug-likeness (QED) is 0.478. The summed E-state index contributed by atoms with van der Waals surface area (Å²) in [5.74, 6) is -1.94. The number of aryl methyl sites for hydroxylation is 1. The third-order valence-electron chi connectivity index (χ3n) is 3.22. The number of hydrogen-bond donors (Lipinski definition) is 2. The van der Waals surface area contributed by atoms with E-state index >= 15 is 0 Å². The van der Waals surface area contributed by atoms with Gasteiger partial charge in [0.25, 0.3) is 11.6 Å². The maximum absolute atomic E-state index is 11.9. The monoisotopic (exact) mass is 364 g/mol. The Morgan fingerprint density at radius 3 is 2.68 bits per heavy atom. The van der Waals surface area contributed by atoms with E-state index in [0.29, 0.717) is 5.56 Å². The van der Waals surface area contributed by atoms with Crippen LogP contribution < -0.4 is 5.32 Å². The lowest BCUT2D eigenvalue weighted by Crippen LogP contribution is -2.21. The lowest BCUT2D eigenvalue weighted by atomic mass is 10.2. The van der Waals surface area contributed by atoms with Gasteiger partial charge in [0.05, 0.1) is 10.6 Å². The molecule has 2 aromatic carbocycles. The first-order valence-electron chi connectivity index (χ1n) is 6.98. The van der Waals surface area contributed by atoms with Gasteiger partial charge in [-0.2, -0.15) is 0 Å². The van der Waals surface area contributed by atoms with E-state index in [1.165, 1.54) is 36.4 Å². The molecule has 0 aliphatic heterocycles. The summed E-state index contributed by atoms with van der Waals surface area (Å²) in [6, 6.07) is 7.84. The first-order chi connectivity index (χ1) is 11.8. The number of benzene rings is 2. The van der Waals surface area contributed by atoms with Gasteiger partial charge in [0.15, 0.2) is 6.61 Å². The number of non-ortho nitro benzene ring substituents is 1. The Kier molecular flexibility index (Phi) is 5.56. The molecule has 0 aromatic heterocycles. The predicted molar refractivity (Wildman–Crippen MR) is 89.9 cm³/mol. The number of phenols is 1. The van der Waals surface area contributed by atoms with Crippen LogP contribution in [0.5, 0.6) is 5.75 Å². The van der Waals surface area contributed by atoms with Crippen LogP contribution in [-0.2, 0) is 9.53 Å². The Hall–Kier alpha value is -3.13. The molecule has 0 aliphatic rings. The van der Waals surface area contributed by atoms with Gasteiger partial charge in [0, 0.05) is 17.2 Å². The number of rotatable bonds is 5. The molecule has 130 valence electrons. The van der Waals surface area contributed by atoms with Crippen LogP contribution in [0.1, 0.15) is 15.9 Å². The first kappa shape index (κ1) is 18.2. The summed E-state index contributed by atoms with van der Waals surface area (Å²) in [4.78, 5) is 33.9. The third-order valence-corrected chi connectivity index (χ3v) is 3.45. The maximum atomic E-state index is 11.9. The van der Waals surface area contributed by atoms with Gasteiger partial charge >= 0.3 is 5.97 Å². The Labute approximate surface area is 147 Å². The summed E-state index contributed by atoms with van der Waals surface area (Å²) in [5, 5.41) is 23.0. The molecular formula is C16H13ClN2O6. The van der Waals surface area contributed by atoms with Crippen LogP contribution in [0.2, 0.25) is 5.02 Å². The molecule has 0 bridgehead atoms. The number of nitro groups is 1. The Morgan fingerprint density at radius 2 is 2.00 bits per heavy atom. The van der Waals surface area contributed by atoms with Crippen molar-refractivity contribution in [1.29, 1.82) is 0 Å². The van der Waals surface area contributed by atoms with Gasteiger partial charge in [-0.1, -0.05) is 17.7 Å². The summed E-state index contributed by atoms with van der Waals surface area (Å²) in [6.07, 6.45) is 0. The molecule has 0 fully saturated rings. The van der Waals surface area contributed by atoms with Gasteiger partial charge < -0.3 is 15.2 Å². The van der Waals surface area contributed by atoms with Crippen LogP contribution in [-0.4, -0.2) is 28.5 Å². The molecule has 0 radical (unpaired) electrons. The highest BCUT2D eigenvalue weighted by molar-refractivity contribution is 6.31. The molecule has 0 aliphatic carbocycles. The van der Waals surface area contributed by atoms with Gasteiger partial charge in [-0.05, 0) is 30.7 Å². The number of aromatic hydroxyl groups is 1. The third kappa shape index (κ3) is 4.67. The molecule has 9 heteroatoms. The minimum Gasteiger partial charge on any atom is -0.507 e. The van der Waals surface area contributed by atoms with E-state index in [-0.39, 0.29) is 27.7 Å². The van der Waals surface area contributed by atoms with E-state index in [9.17, 15) is 24.8 Å². The van der Waals surface area contributed by atoms with Gasteiger partial charge in [-0.15, -0.1) is 0 Å². The Balaban J connectivity index is 2.01. The highest BCUT2D eigenvalue weighted by atomic mass is 35.5. The molecule has 0 atom stereocenters. The molecule has 2 N–H and O–H groups in total. The summed E-state index contributed by atoms with van der Waals surface area (Å²) in [6.45, 7) is 1.03. The fraction of sp³-hybridized carbons (Fsp3) is 0.125. The number of hydrogen-bond acceptors (Lipinski definition) is 6. The van der Waals surface area contributed by atoms with E-state index in [4.69, 9.17) is 16.3 Å². The Bertz CT molecular complexity index is 853. The molecule has 0 spiro atoms. The fourth-order valence-electron chi connectivity index (χ4n) is 1.93. The number of halogens is 1. The number of carbonyl (C=O) groups excluding carboxylic acids is 2. The number of amides is 1. The minimum atomic E-state index is -0.925. The number of phenolic OH excluding ortho intramolecular Hbond substituents is 1. The van der Waals surface area contributed by atoms with Crippen LogP contribution in [0, 0.1) is 17.0 Å². The van der Waals surface area contributed by atoms with Crippen molar-refractivity contribution in [2.45, 2.75) is 6.92 Å². The van der Waals surface area contributed by atoms with E-state index < -0.39 is 23.4 Å². The van der Waals surface area contributed by atoms with E-state index in [0.717, 1.165) is 0 Å². The van der Waals surface area contributed by atoms with Gasteiger partial charge in [-0.25, -0.2) is 4.79 Å². The van der Waals surface area contributed by atoms with E-state index in [1.54, 1.807) is 6.92 Å². The van der Waals surface area contributed by atoms with E-state index in [2.05, 4.69) is 5.32 Å². The zero-order valence-electron chi connectivity index (χ0n) is 13.0.